The minimum absolute atomic E-state index is 0.0546. The van der Waals surface area contributed by atoms with Crippen LogP contribution in [0.15, 0.2) is 46.2 Å². The van der Waals surface area contributed by atoms with Gasteiger partial charge in [0.1, 0.15) is 0 Å². The summed E-state index contributed by atoms with van der Waals surface area (Å²) in [5, 5.41) is 12.1. The van der Waals surface area contributed by atoms with Crippen LogP contribution in [0.25, 0.3) is 11.6 Å². The van der Waals surface area contributed by atoms with Gasteiger partial charge in [-0.05, 0) is 49.9 Å². The Balaban J connectivity index is 1.80. The highest BCUT2D eigenvalue weighted by molar-refractivity contribution is 8.00. The van der Waals surface area contributed by atoms with E-state index >= 15 is 0 Å². The lowest BCUT2D eigenvalue weighted by Crippen LogP contribution is -2.24. The number of anilines is 1. The van der Waals surface area contributed by atoms with Crippen LogP contribution in [0.3, 0.4) is 0 Å². The van der Waals surface area contributed by atoms with Crippen LogP contribution in [0.5, 0.6) is 0 Å². The molecule has 1 aromatic carbocycles. The van der Waals surface area contributed by atoms with Gasteiger partial charge < -0.3 is 9.73 Å². The van der Waals surface area contributed by atoms with Crippen molar-refractivity contribution in [3.8, 4) is 11.6 Å². The Morgan fingerprint density at radius 1 is 1.14 bits per heavy atom. The Labute approximate surface area is 169 Å². The number of aryl methyl sites for hydroxylation is 2. The molecule has 0 saturated carbocycles. The molecule has 28 heavy (non-hydrogen) atoms. The maximum absolute atomic E-state index is 12.8. The number of amides is 1. The van der Waals surface area contributed by atoms with Crippen LogP contribution in [0.4, 0.5) is 5.69 Å². The lowest BCUT2D eigenvalue weighted by molar-refractivity contribution is -0.115. The summed E-state index contributed by atoms with van der Waals surface area (Å²) in [4.78, 5) is 12.8. The number of hydrogen-bond donors (Lipinski definition) is 1. The highest BCUT2D eigenvalue weighted by atomic mass is 32.2. The molecule has 0 aliphatic heterocycles. The van der Waals surface area contributed by atoms with Gasteiger partial charge >= 0.3 is 0 Å². The van der Waals surface area contributed by atoms with Gasteiger partial charge in [-0.15, -0.1) is 10.2 Å². The molecule has 0 aliphatic rings. The third kappa shape index (κ3) is 4.47. The Hall–Kier alpha value is -2.54. The molecule has 1 amide bonds. The molecule has 6 nitrogen and oxygen atoms in total. The fourth-order valence-corrected chi connectivity index (χ4v) is 3.80. The van der Waals surface area contributed by atoms with Crippen LogP contribution in [-0.4, -0.2) is 25.9 Å². The van der Waals surface area contributed by atoms with Gasteiger partial charge in [-0.1, -0.05) is 43.8 Å². The minimum Gasteiger partial charge on any atom is -0.461 e. The highest BCUT2D eigenvalue weighted by Crippen LogP contribution is 2.29. The number of nitrogens with one attached hydrogen (secondary N) is 1. The molecule has 2 aromatic heterocycles. The summed E-state index contributed by atoms with van der Waals surface area (Å²) in [5.74, 6) is 1.71. The van der Waals surface area contributed by atoms with E-state index in [0.29, 0.717) is 22.7 Å². The normalized spacial score (nSPS) is 12.4. The lowest BCUT2D eigenvalue weighted by atomic mass is 10.1. The van der Waals surface area contributed by atoms with Crippen molar-refractivity contribution >= 4 is 23.4 Å². The number of rotatable bonds is 7. The summed E-state index contributed by atoms with van der Waals surface area (Å²) in [6, 6.07) is 9.68. The van der Waals surface area contributed by atoms with Crippen LogP contribution < -0.4 is 5.32 Å². The maximum Gasteiger partial charge on any atom is 0.237 e. The average molecular weight is 399 g/mol. The predicted octanol–water partition coefficient (Wildman–Crippen LogP) is 4.93. The van der Waals surface area contributed by atoms with E-state index in [1.54, 1.807) is 6.26 Å². The van der Waals surface area contributed by atoms with Gasteiger partial charge in [-0.2, -0.15) is 0 Å². The van der Waals surface area contributed by atoms with Crippen LogP contribution in [0, 0.1) is 19.8 Å². The van der Waals surface area contributed by atoms with Crippen LogP contribution in [-0.2, 0) is 11.3 Å². The van der Waals surface area contributed by atoms with Crippen LogP contribution >= 0.6 is 11.8 Å². The van der Waals surface area contributed by atoms with E-state index in [-0.39, 0.29) is 11.2 Å². The molecule has 1 unspecified atom stereocenters. The van der Waals surface area contributed by atoms with Gasteiger partial charge in [-0.3, -0.25) is 9.36 Å². The molecule has 0 spiro atoms. The van der Waals surface area contributed by atoms with E-state index in [2.05, 4.69) is 29.4 Å². The van der Waals surface area contributed by atoms with Crippen molar-refractivity contribution in [1.29, 1.82) is 0 Å². The van der Waals surface area contributed by atoms with Gasteiger partial charge in [0.15, 0.2) is 16.7 Å². The molecule has 0 fully saturated rings. The second-order valence-electron chi connectivity index (χ2n) is 7.30. The maximum atomic E-state index is 12.8. The number of carbonyl (C=O) groups is 1. The van der Waals surface area contributed by atoms with Gasteiger partial charge in [0, 0.05) is 12.2 Å². The average Bonchev–Trinajstić information content (AvgIpc) is 3.28. The highest BCUT2D eigenvalue weighted by Gasteiger charge is 2.23. The SMILES string of the molecule is Cc1cccc(C)c1NC(=O)C(C)Sc1nnc(-c2ccco2)n1CC(C)C. The monoisotopic (exact) mass is 398 g/mol. The molecule has 3 rings (SSSR count). The predicted molar refractivity (Wildman–Crippen MR) is 112 cm³/mol. The van der Waals surface area contributed by atoms with Crippen molar-refractivity contribution in [3.63, 3.8) is 0 Å². The quantitative estimate of drug-likeness (QED) is 0.571. The molecule has 3 aromatic rings. The molecular formula is C21H26N4O2S. The number of thioether (sulfide) groups is 1. The number of nitrogens with zero attached hydrogens (tertiary/aromatic N) is 3. The number of para-hydroxylation sites is 1. The molecule has 0 saturated heterocycles. The molecule has 7 heteroatoms. The molecule has 2 heterocycles. The van der Waals surface area contributed by atoms with Crippen molar-refractivity contribution in [3.05, 3.63) is 47.7 Å². The summed E-state index contributed by atoms with van der Waals surface area (Å²) in [5.41, 5.74) is 2.97. The van der Waals surface area contributed by atoms with Crippen molar-refractivity contribution in [2.24, 2.45) is 5.92 Å². The Morgan fingerprint density at radius 3 is 2.46 bits per heavy atom. The van der Waals surface area contributed by atoms with Gasteiger partial charge in [0.2, 0.25) is 5.91 Å². The van der Waals surface area contributed by atoms with E-state index in [1.165, 1.54) is 11.8 Å². The topological polar surface area (TPSA) is 73.0 Å². The summed E-state index contributed by atoms with van der Waals surface area (Å²) < 4.78 is 7.53. The van der Waals surface area contributed by atoms with E-state index in [0.717, 1.165) is 23.4 Å². The third-order valence-electron chi connectivity index (χ3n) is 4.39. The minimum atomic E-state index is -0.321. The van der Waals surface area contributed by atoms with Crippen molar-refractivity contribution in [2.75, 3.05) is 5.32 Å². The smallest absolute Gasteiger partial charge is 0.237 e. The van der Waals surface area contributed by atoms with Crippen LogP contribution in [0.1, 0.15) is 31.9 Å². The van der Waals surface area contributed by atoms with Crippen molar-refractivity contribution < 1.29 is 9.21 Å². The van der Waals surface area contributed by atoms with Gasteiger partial charge in [0.25, 0.3) is 0 Å². The van der Waals surface area contributed by atoms with Crippen molar-refractivity contribution in [2.45, 2.75) is 51.6 Å². The fourth-order valence-electron chi connectivity index (χ4n) is 2.94. The first kappa shape index (κ1) is 20.2. The number of benzene rings is 1. The Morgan fingerprint density at radius 2 is 1.86 bits per heavy atom. The first-order valence-electron chi connectivity index (χ1n) is 9.37. The molecule has 1 atom stereocenters. The largest absolute Gasteiger partial charge is 0.461 e. The summed E-state index contributed by atoms with van der Waals surface area (Å²) in [7, 11) is 0. The number of aromatic nitrogens is 3. The third-order valence-corrected chi connectivity index (χ3v) is 5.47. The summed E-state index contributed by atoms with van der Waals surface area (Å²) in [6.07, 6.45) is 1.62. The Kier molecular flexibility index (Phi) is 6.24. The van der Waals surface area contributed by atoms with Gasteiger partial charge in [-0.25, -0.2) is 0 Å². The Bertz CT molecular complexity index is 927. The number of carbonyl (C=O) groups excluding carboxylic acids is 1. The molecule has 0 aliphatic carbocycles. The second-order valence-corrected chi connectivity index (χ2v) is 8.61. The zero-order valence-corrected chi connectivity index (χ0v) is 17.7. The molecule has 1 N–H and O–H groups in total. The van der Waals surface area contributed by atoms with Gasteiger partial charge in [0.05, 0.1) is 11.5 Å². The first-order chi connectivity index (χ1) is 13.4. The summed E-state index contributed by atoms with van der Waals surface area (Å²) in [6.45, 7) is 10.9. The van der Waals surface area contributed by atoms with E-state index in [9.17, 15) is 4.79 Å². The first-order valence-corrected chi connectivity index (χ1v) is 10.3. The molecule has 0 bridgehead atoms. The standard InChI is InChI=1S/C21H26N4O2S/c1-13(2)12-25-19(17-10-7-11-27-17)23-24-21(25)28-16(5)20(26)22-18-14(3)8-6-9-15(18)4/h6-11,13,16H,12H2,1-5H3,(H,22,26). The van der Waals surface area contributed by atoms with E-state index in [1.807, 2.05) is 55.7 Å². The summed E-state index contributed by atoms with van der Waals surface area (Å²) >= 11 is 1.40. The van der Waals surface area contributed by atoms with Crippen molar-refractivity contribution in [1.82, 2.24) is 14.8 Å². The van der Waals surface area contributed by atoms with E-state index in [4.69, 9.17) is 4.42 Å². The second kappa shape index (κ2) is 8.65. The van der Waals surface area contributed by atoms with E-state index < -0.39 is 0 Å². The lowest BCUT2D eigenvalue weighted by Gasteiger charge is -2.16. The zero-order chi connectivity index (χ0) is 20.3. The number of furan rings is 1. The molecule has 148 valence electrons. The zero-order valence-electron chi connectivity index (χ0n) is 16.9. The van der Waals surface area contributed by atoms with Crippen LogP contribution in [0.2, 0.25) is 0 Å². The molecule has 0 radical (unpaired) electrons. The molecular weight excluding hydrogens is 372 g/mol. The fraction of sp³-hybridized carbons (Fsp3) is 0.381. The number of hydrogen-bond acceptors (Lipinski definition) is 5.